The smallest absolute Gasteiger partial charge is 0.217 e. The summed E-state index contributed by atoms with van der Waals surface area (Å²) in [6, 6.07) is 6.65. The second-order valence-corrected chi connectivity index (χ2v) is 7.78. The SMILES string of the molecule is Cc1nc2c(=O)c3cc(C(C)(C)C)ccc3[nH]c2n1C1CCC1. The van der Waals surface area contributed by atoms with Crippen molar-refractivity contribution in [1.29, 1.82) is 0 Å². The minimum atomic E-state index is 0.0246. The van der Waals surface area contributed by atoms with Crippen LogP contribution in [0.3, 0.4) is 0 Å². The van der Waals surface area contributed by atoms with Gasteiger partial charge in [0.05, 0.1) is 5.52 Å². The summed E-state index contributed by atoms with van der Waals surface area (Å²) in [7, 11) is 0. The van der Waals surface area contributed by atoms with Crippen LogP contribution in [0.2, 0.25) is 0 Å². The summed E-state index contributed by atoms with van der Waals surface area (Å²) in [5.41, 5.74) is 3.60. The van der Waals surface area contributed by atoms with E-state index in [-0.39, 0.29) is 10.8 Å². The van der Waals surface area contributed by atoms with Crippen LogP contribution in [-0.2, 0) is 5.41 Å². The summed E-state index contributed by atoms with van der Waals surface area (Å²) in [6.45, 7) is 8.49. The van der Waals surface area contributed by atoms with Gasteiger partial charge < -0.3 is 9.55 Å². The molecule has 0 saturated heterocycles. The third-order valence-electron chi connectivity index (χ3n) is 5.13. The molecule has 23 heavy (non-hydrogen) atoms. The van der Waals surface area contributed by atoms with Crippen molar-refractivity contribution >= 4 is 22.1 Å². The zero-order valence-corrected chi connectivity index (χ0v) is 14.2. The van der Waals surface area contributed by atoms with Gasteiger partial charge in [0, 0.05) is 11.4 Å². The Morgan fingerprint density at radius 2 is 2.00 bits per heavy atom. The first-order chi connectivity index (χ1) is 10.9. The van der Waals surface area contributed by atoms with Gasteiger partial charge >= 0.3 is 0 Å². The maximum Gasteiger partial charge on any atom is 0.217 e. The molecule has 0 unspecified atom stereocenters. The molecule has 3 aromatic rings. The summed E-state index contributed by atoms with van der Waals surface area (Å²) >= 11 is 0. The van der Waals surface area contributed by atoms with E-state index in [1.165, 1.54) is 24.8 Å². The van der Waals surface area contributed by atoms with E-state index in [0.717, 1.165) is 22.4 Å². The lowest BCUT2D eigenvalue weighted by Crippen LogP contribution is -2.19. The first-order valence-electron chi connectivity index (χ1n) is 8.41. The number of aromatic nitrogens is 3. The highest BCUT2D eigenvalue weighted by molar-refractivity contribution is 5.90. The van der Waals surface area contributed by atoms with E-state index in [2.05, 4.69) is 41.4 Å². The number of benzene rings is 1. The molecule has 4 heteroatoms. The molecule has 1 fully saturated rings. The van der Waals surface area contributed by atoms with Crippen LogP contribution in [0.15, 0.2) is 23.0 Å². The summed E-state index contributed by atoms with van der Waals surface area (Å²) < 4.78 is 2.22. The van der Waals surface area contributed by atoms with Crippen LogP contribution in [0.4, 0.5) is 0 Å². The number of aromatic amines is 1. The second-order valence-electron chi connectivity index (χ2n) is 7.78. The van der Waals surface area contributed by atoms with Crippen LogP contribution in [0.5, 0.6) is 0 Å². The van der Waals surface area contributed by atoms with Crippen molar-refractivity contribution in [3.63, 3.8) is 0 Å². The van der Waals surface area contributed by atoms with Gasteiger partial charge in [0.2, 0.25) is 5.43 Å². The van der Waals surface area contributed by atoms with Gasteiger partial charge in [0.15, 0.2) is 5.52 Å². The fraction of sp³-hybridized carbons (Fsp3) is 0.474. The van der Waals surface area contributed by atoms with Gasteiger partial charge in [0.25, 0.3) is 0 Å². The molecular formula is C19H23N3O. The molecule has 120 valence electrons. The van der Waals surface area contributed by atoms with Gasteiger partial charge in [-0.25, -0.2) is 4.98 Å². The highest BCUT2D eigenvalue weighted by atomic mass is 16.1. The van der Waals surface area contributed by atoms with Crippen molar-refractivity contribution in [2.45, 2.75) is 58.4 Å². The number of hydrogen-bond donors (Lipinski definition) is 1. The number of imidazole rings is 1. The third kappa shape index (κ3) is 2.12. The number of aryl methyl sites for hydroxylation is 1. The Kier molecular flexibility index (Phi) is 2.96. The van der Waals surface area contributed by atoms with Crippen molar-refractivity contribution in [1.82, 2.24) is 14.5 Å². The third-order valence-corrected chi connectivity index (χ3v) is 5.13. The van der Waals surface area contributed by atoms with Crippen LogP contribution in [0.25, 0.3) is 22.1 Å². The highest BCUT2D eigenvalue weighted by Gasteiger charge is 2.25. The molecule has 0 radical (unpaired) electrons. The molecule has 1 saturated carbocycles. The number of hydrogen-bond acceptors (Lipinski definition) is 2. The predicted molar refractivity (Wildman–Crippen MR) is 94.2 cm³/mol. The second kappa shape index (κ2) is 4.70. The Hall–Kier alpha value is -2.10. The molecule has 1 aliphatic carbocycles. The largest absolute Gasteiger partial charge is 0.339 e. The number of H-pyrrole nitrogens is 1. The Morgan fingerprint density at radius 3 is 2.61 bits per heavy atom. The Labute approximate surface area is 135 Å². The molecule has 0 amide bonds. The number of rotatable bonds is 1. The fourth-order valence-corrected chi connectivity index (χ4v) is 3.48. The van der Waals surface area contributed by atoms with E-state index >= 15 is 0 Å². The first kappa shape index (κ1) is 14.5. The van der Waals surface area contributed by atoms with Crippen LogP contribution in [0.1, 0.15) is 57.5 Å². The average molecular weight is 309 g/mol. The average Bonchev–Trinajstić information content (AvgIpc) is 2.74. The molecule has 1 aliphatic rings. The zero-order valence-electron chi connectivity index (χ0n) is 14.2. The minimum absolute atomic E-state index is 0.0246. The van der Waals surface area contributed by atoms with E-state index in [4.69, 9.17) is 0 Å². The molecule has 2 aromatic heterocycles. The monoisotopic (exact) mass is 309 g/mol. The molecule has 1 N–H and O–H groups in total. The van der Waals surface area contributed by atoms with E-state index in [1.807, 2.05) is 19.1 Å². The van der Waals surface area contributed by atoms with Crippen LogP contribution >= 0.6 is 0 Å². The number of nitrogens with zero attached hydrogens (tertiary/aromatic N) is 2. The fourth-order valence-electron chi connectivity index (χ4n) is 3.48. The van der Waals surface area contributed by atoms with Crippen molar-refractivity contribution in [3.8, 4) is 0 Å². The lowest BCUT2D eigenvalue weighted by molar-refractivity contribution is 0.314. The maximum absolute atomic E-state index is 13.0. The van der Waals surface area contributed by atoms with Gasteiger partial charge in [-0.2, -0.15) is 0 Å². The van der Waals surface area contributed by atoms with E-state index in [1.54, 1.807) is 0 Å². The van der Waals surface area contributed by atoms with Crippen molar-refractivity contribution < 1.29 is 0 Å². The van der Waals surface area contributed by atoms with Gasteiger partial charge in [-0.1, -0.05) is 26.8 Å². The Bertz CT molecular complexity index is 968. The van der Waals surface area contributed by atoms with Gasteiger partial charge in [-0.3, -0.25) is 4.79 Å². The normalized spacial score (nSPS) is 16.2. The summed E-state index contributed by atoms with van der Waals surface area (Å²) in [5.74, 6) is 0.935. The number of nitrogens with one attached hydrogen (secondary N) is 1. The summed E-state index contributed by atoms with van der Waals surface area (Å²) in [4.78, 5) is 21.0. The molecule has 0 spiro atoms. The molecule has 0 atom stereocenters. The highest BCUT2D eigenvalue weighted by Crippen LogP contribution is 2.35. The molecule has 2 heterocycles. The van der Waals surface area contributed by atoms with Gasteiger partial charge in [0.1, 0.15) is 11.5 Å². The molecule has 1 aromatic carbocycles. The van der Waals surface area contributed by atoms with Gasteiger partial charge in [-0.05, 0) is 49.3 Å². The van der Waals surface area contributed by atoms with Gasteiger partial charge in [-0.15, -0.1) is 0 Å². The molecular weight excluding hydrogens is 286 g/mol. The van der Waals surface area contributed by atoms with Crippen molar-refractivity contribution in [2.75, 3.05) is 0 Å². The minimum Gasteiger partial charge on any atom is -0.339 e. The van der Waals surface area contributed by atoms with Crippen molar-refractivity contribution in [3.05, 3.63) is 39.8 Å². The summed E-state index contributed by atoms with van der Waals surface area (Å²) in [6.07, 6.45) is 3.61. The zero-order chi connectivity index (χ0) is 16.4. The first-order valence-corrected chi connectivity index (χ1v) is 8.41. The van der Waals surface area contributed by atoms with Crippen LogP contribution in [0, 0.1) is 6.92 Å². The lowest BCUT2D eigenvalue weighted by atomic mass is 9.86. The topological polar surface area (TPSA) is 50.7 Å². The lowest BCUT2D eigenvalue weighted by Gasteiger charge is -2.28. The standard InChI is InChI=1S/C19H23N3O/c1-11-20-16-17(23)14-10-12(19(2,3)4)8-9-15(14)21-18(16)22(11)13-6-5-7-13/h8-10,13H,5-7H2,1-4H3,(H,21,23). The predicted octanol–water partition coefficient (Wildman–Crippen LogP) is 4.21. The molecule has 0 aliphatic heterocycles. The Morgan fingerprint density at radius 1 is 1.26 bits per heavy atom. The van der Waals surface area contributed by atoms with Crippen LogP contribution < -0.4 is 5.43 Å². The van der Waals surface area contributed by atoms with E-state index in [0.29, 0.717) is 11.6 Å². The molecule has 4 nitrogen and oxygen atoms in total. The molecule has 4 rings (SSSR count). The number of fused-ring (bicyclic) bond motifs is 2. The summed E-state index contributed by atoms with van der Waals surface area (Å²) in [5, 5.41) is 0.739. The van der Waals surface area contributed by atoms with E-state index < -0.39 is 0 Å². The van der Waals surface area contributed by atoms with Crippen molar-refractivity contribution in [2.24, 2.45) is 0 Å². The van der Waals surface area contributed by atoms with Crippen LogP contribution in [-0.4, -0.2) is 14.5 Å². The Balaban J connectivity index is 2.03. The maximum atomic E-state index is 13.0. The molecule has 0 bridgehead atoms. The number of pyridine rings is 1. The van der Waals surface area contributed by atoms with E-state index in [9.17, 15) is 4.79 Å². The quantitative estimate of drug-likeness (QED) is 0.732.